The van der Waals surface area contributed by atoms with Gasteiger partial charge in [0.2, 0.25) is 0 Å². The van der Waals surface area contributed by atoms with Gasteiger partial charge in [-0.25, -0.2) is 0 Å². The minimum absolute atomic E-state index is 0.145. The molecule has 2 aliphatic heterocycles. The lowest BCUT2D eigenvalue weighted by molar-refractivity contribution is 0.0183. The van der Waals surface area contributed by atoms with Crippen LogP contribution >= 0.6 is 0 Å². The lowest BCUT2D eigenvalue weighted by Gasteiger charge is -2.29. The third-order valence-electron chi connectivity index (χ3n) is 3.76. The Morgan fingerprint density at radius 2 is 2.24 bits per heavy atom. The summed E-state index contributed by atoms with van der Waals surface area (Å²) in [5.41, 5.74) is 2.75. The molecule has 0 radical (unpaired) electrons. The number of aliphatic hydroxyl groups is 1. The van der Waals surface area contributed by atoms with Gasteiger partial charge in [0.05, 0.1) is 18.8 Å². The van der Waals surface area contributed by atoms with Crippen molar-refractivity contribution in [2.24, 2.45) is 0 Å². The quantitative estimate of drug-likeness (QED) is 0.837. The van der Waals surface area contributed by atoms with E-state index in [1.54, 1.807) is 0 Å². The maximum atomic E-state index is 9.54. The molecule has 0 bridgehead atoms. The molecule has 17 heavy (non-hydrogen) atoms. The topological polar surface area (TPSA) is 32.7 Å². The summed E-state index contributed by atoms with van der Waals surface area (Å²) in [6.45, 7) is 3.51. The minimum Gasteiger partial charge on any atom is -0.392 e. The van der Waals surface area contributed by atoms with E-state index in [-0.39, 0.29) is 12.2 Å². The molecule has 1 unspecified atom stereocenters. The summed E-state index contributed by atoms with van der Waals surface area (Å²) in [4.78, 5) is 2.30. The van der Waals surface area contributed by atoms with E-state index in [2.05, 4.69) is 29.2 Å². The first-order valence-electron chi connectivity index (χ1n) is 6.43. The lowest BCUT2D eigenvalue weighted by atomic mass is 9.97. The second-order valence-corrected chi connectivity index (χ2v) is 5.01. The van der Waals surface area contributed by atoms with Gasteiger partial charge in [0, 0.05) is 19.6 Å². The van der Waals surface area contributed by atoms with Gasteiger partial charge in [0.1, 0.15) is 0 Å². The van der Waals surface area contributed by atoms with Crippen LogP contribution in [0.4, 0.5) is 0 Å². The normalized spacial score (nSPS) is 29.2. The van der Waals surface area contributed by atoms with Crippen LogP contribution in [0.15, 0.2) is 24.3 Å². The molecule has 3 heteroatoms. The summed E-state index contributed by atoms with van der Waals surface area (Å²) in [7, 11) is 0. The number of rotatable bonds is 2. The SMILES string of the molecule is O[C@@H]1CCN(CC2OCCc3ccccc32)C1. The van der Waals surface area contributed by atoms with Crippen molar-refractivity contribution < 1.29 is 9.84 Å². The number of likely N-dealkylation sites (tertiary alicyclic amines) is 1. The van der Waals surface area contributed by atoms with Crippen molar-refractivity contribution in [1.29, 1.82) is 0 Å². The average molecular weight is 233 g/mol. The summed E-state index contributed by atoms with van der Waals surface area (Å²) >= 11 is 0. The zero-order valence-electron chi connectivity index (χ0n) is 10.0. The van der Waals surface area contributed by atoms with E-state index < -0.39 is 0 Å². The molecule has 1 aromatic carbocycles. The molecule has 92 valence electrons. The van der Waals surface area contributed by atoms with Gasteiger partial charge in [-0.15, -0.1) is 0 Å². The molecule has 3 nitrogen and oxygen atoms in total. The number of hydrogen-bond donors (Lipinski definition) is 1. The van der Waals surface area contributed by atoms with Crippen LogP contribution in [-0.4, -0.2) is 42.4 Å². The van der Waals surface area contributed by atoms with Crippen molar-refractivity contribution in [3.63, 3.8) is 0 Å². The van der Waals surface area contributed by atoms with E-state index in [9.17, 15) is 5.11 Å². The first kappa shape index (κ1) is 11.2. The van der Waals surface area contributed by atoms with Gasteiger partial charge in [-0.2, -0.15) is 0 Å². The molecule has 2 heterocycles. The number of nitrogens with zero attached hydrogens (tertiary/aromatic N) is 1. The Labute approximate surface area is 102 Å². The van der Waals surface area contributed by atoms with Crippen molar-refractivity contribution in [1.82, 2.24) is 4.90 Å². The van der Waals surface area contributed by atoms with Crippen LogP contribution in [0.3, 0.4) is 0 Å². The second kappa shape index (κ2) is 4.77. The van der Waals surface area contributed by atoms with Crippen molar-refractivity contribution in [3.05, 3.63) is 35.4 Å². The monoisotopic (exact) mass is 233 g/mol. The van der Waals surface area contributed by atoms with Crippen LogP contribution in [0.2, 0.25) is 0 Å². The number of hydrogen-bond acceptors (Lipinski definition) is 3. The highest BCUT2D eigenvalue weighted by molar-refractivity contribution is 5.31. The third kappa shape index (κ3) is 2.37. The van der Waals surface area contributed by atoms with Crippen LogP contribution in [0.1, 0.15) is 23.7 Å². The third-order valence-corrected chi connectivity index (χ3v) is 3.76. The highest BCUT2D eigenvalue weighted by atomic mass is 16.5. The van der Waals surface area contributed by atoms with E-state index in [1.807, 2.05) is 0 Å². The summed E-state index contributed by atoms with van der Waals surface area (Å²) in [6.07, 6.45) is 1.96. The molecule has 0 amide bonds. The lowest BCUT2D eigenvalue weighted by Crippen LogP contribution is -2.31. The fourth-order valence-corrected chi connectivity index (χ4v) is 2.84. The Morgan fingerprint density at radius 1 is 1.35 bits per heavy atom. The molecule has 0 aromatic heterocycles. The Hall–Kier alpha value is -0.900. The Kier molecular flexibility index (Phi) is 3.14. The first-order chi connectivity index (χ1) is 8.33. The predicted octanol–water partition coefficient (Wildman–Crippen LogP) is 1.37. The maximum absolute atomic E-state index is 9.54. The summed E-state index contributed by atoms with van der Waals surface area (Å²) < 4.78 is 5.88. The van der Waals surface area contributed by atoms with E-state index in [4.69, 9.17) is 4.74 Å². The Balaban J connectivity index is 1.72. The van der Waals surface area contributed by atoms with Crippen LogP contribution in [0, 0.1) is 0 Å². The second-order valence-electron chi connectivity index (χ2n) is 5.01. The van der Waals surface area contributed by atoms with Crippen LogP contribution in [0.5, 0.6) is 0 Å². The predicted molar refractivity (Wildman–Crippen MR) is 65.9 cm³/mol. The fourth-order valence-electron chi connectivity index (χ4n) is 2.84. The number of aliphatic hydroxyl groups excluding tert-OH is 1. The van der Waals surface area contributed by atoms with Crippen molar-refractivity contribution in [2.75, 3.05) is 26.2 Å². The van der Waals surface area contributed by atoms with Gasteiger partial charge in [0.15, 0.2) is 0 Å². The minimum atomic E-state index is -0.145. The number of benzene rings is 1. The molecule has 3 rings (SSSR count). The number of β-amino-alcohol motifs (C(OH)–C–C–N with tert-alkyl or cyclic N) is 1. The Bertz CT molecular complexity index is 394. The van der Waals surface area contributed by atoms with Crippen molar-refractivity contribution >= 4 is 0 Å². The average Bonchev–Trinajstić information content (AvgIpc) is 2.75. The standard InChI is InChI=1S/C14H19NO2/c16-12-5-7-15(9-12)10-14-13-4-2-1-3-11(13)6-8-17-14/h1-4,12,14,16H,5-10H2/t12-,14?/m1/s1. The van der Waals surface area contributed by atoms with Crippen LogP contribution < -0.4 is 0 Å². The molecule has 1 fully saturated rings. The van der Waals surface area contributed by atoms with E-state index in [1.165, 1.54) is 11.1 Å². The van der Waals surface area contributed by atoms with Gasteiger partial charge in [-0.1, -0.05) is 24.3 Å². The van der Waals surface area contributed by atoms with Gasteiger partial charge >= 0.3 is 0 Å². The largest absolute Gasteiger partial charge is 0.392 e. The van der Waals surface area contributed by atoms with Crippen LogP contribution in [-0.2, 0) is 11.2 Å². The first-order valence-corrected chi connectivity index (χ1v) is 6.43. The van der Waals surface area contributed by atoms with Gasteiger partial charge in [0.25, 0.3) is 0 Å². The fraction of sp³-hybridized carbons (Fsp3) is 0.571. The molecule has 0 aliphatic carbocycles. The van der Waals surface area contributed by atoms with Gasteiger partial charge < -0.3 is 9.84 Å². The number of fused-ring (bicyclic) bond motifs is 1. The molecule has 2 aliphatic rings. The summed E-state index contributed by atoms with van der Waals surface area (Å²) in [5.74, 6) is 0. The molecule has 1 aromatic rings. The molecule has 0 saturated carbocycles. The van der Waals surface area contributed by atoms with Crippen LogP contribution in [0.25, 0.3) is 0 Å². The van der Waals surface area contributed by atoms with E-state index >= 15 is 0 Å². The Morgan fingerprint density at radius 3 is 3.06 bits per heavy atom. The molecular formula is C14H19NO2. The van der Waals surface area contributed by atoms with Crippen molar-refractivity contribution in [3.8, 4) is 0 Å². The van der Waals surface area contributed by atoms with E-state index in [0.717, 1.165) is 39.1 Å². The van der Waals surface area contributed by atoms with E-state index in [0.29, 0.717) is 0 Å². The smallest absolute Gasteiger partial charge is 0.0954 e. The summed E-state index contributed by atoms with van der Waals surface area (Å²) in [6, 6.07) is 8.55. The number of ether oxygens (including phenoxy) is 1. The van der Waals surface area contributed by atoms with Crippen molar-refractivity contribution in [2.45, 2.75) is 25.0 Å². The zero-order valence-corrected chi connectivity index (χ0v) is 10.0. The molecule has 2 atom stereocenters. The van der Waals surface area contributed by atoms with Gasteiger partial charge in [-0.3, -0.25) is 4.90 Å². The highest BCUT2D eigenvalue weighted by Gasteiger charge is 2.26. The maximum Gasteiger partial charge on any atom is 0.0954 e. The molecule has 1 saturated heterocycles. The summed E-state index contributed by atoms with van der Waals surface area (Å²) in [5, 5.41) is 9.54. The zero-order chi connectivity index (χ0) is 11.7. The highest BCUT2D eigenvalue weighted by Crippen LogP contribution is 2.28. The van der Waals surface area contributed by atoms with Gasteiger partial charge in [-0.05, 0) is 24.0 Å². The molecule has 1 N–H and O–H groups in total. The molecular weight excluding hydrogens is 214 g/mol. The molecule has 0 spiro atoms.